The van der Waals surface area contributed by atoms with Crippen molar-refractivity contribution in [2.75, 3.05) is 5.32 Å². The molecular formula is C15H13ClF2N2O3. The third-order valence-electron chi connectivity index (χ3n) is 2.94. The molecule has 0 atom stereocenters. The van der Waals surface area contributed by atoms with Crippen molar-refractivity contribution in [1.29, 1.82) is 0 Å². The minimum absolute atomic E-state index is 0.00111. The zero-order valence-corrected chi connectivity index (χ0v) is 12.8. The van der Waals surface area contributed by atoms with Crippen LogP contribution >= 0.6 is 11.6 Å². The Morgan fingerprint density at radius 2 is 2.00 bits per heavy atom. The van der Waals surface area contributed by atoms with Gasteiger partial charge < -0.3 is 14.6 Å². The van der Waals surface area contributed by atoms with E-state index in [2.05, 4.69) is 10.1 Å². The molecule has 2 rings (SSSR count). The molecule has 0 fully saturated rings. The molecular weight excluding hydrogens is 330 g/mol. The summed E-state index contributed by atoms with van der Waals surface area (Å²) in [6, 6.07) is 7.12. The number of nitrogens with zero attached hydrogens (tertiary/aromatic N) is 1. The number of ether oxygens (including phenoxy) is 1. The number of nitrogens with one attached hydrogen (secondary N) is 1. The van der Waals surface area contributed by atoms with Crippen LogP contribution in [0.1, 0.15) is 5.56 Å². The average Bonchev–Trinajstić information content (AvgIpc) is 2.46. The van der Waals surface area contributed by atoms with Crippen LogP contribution in [0.4, 0.5) is 14.5 Å². The lowest BCUT2D eigenvalue weighted by atomic mass is 10.1. The van der Waals surface area contributed by atoms with Crippen molar-refractivity contribution in [3.05, 3.63) is 57.5 Å². The van der Waals surface area contributed by atoms with E-state index in [0.717, 1.165) is 0 Å². The Labute approximate surface area is 135 Å². The second kappa shape index (κ2) is 7.23. The van der Waals surface area contributed by atoms with Gasteiger partial charge in [0, 0.05) is 13.2 Å². The SMILES string of the molecule is Cn1cc(NC(=O)Cc2ccc(OC(F)F)cc2)cc(Cl)c1=O. The van der Waals surface area contributed by atoms with Crippen LogP contribution in [-0.4, -0.2) is 17.1 Å². The van der Waals surface area contributed by atoms with Gasteiger partial charge in [0.25, 0.3) is 5.56 Å². The van der Waals surface area contributed by atoms with Crippen LogP contribution in [0.3, 0.4) is 0 Å². The Hall–Kier alpha value is -2.41. The van der Waals surface area contributed by atoms with Crippen LogP contribution in [0.5, 0.6) is 5.75 Å². The Morgan fingerprint density at radius 3 is 2.57 bits per heavy atom. The topological polar surface area (TPSA) is 60.3 Å². The molecule has 0 aliphatic heterocycles. The molecule has 1 amide bonds. The number of aromatic nitrogens is 1. The Balaban J connectivity index is 2.01. The molecule has 0 aliphatic carbocycles. The lowest BCUT2D eigenvalue weighted by Crippen LogP contribution is -2.20. The maximum absolute atomic E-state index is 12.0. The van der Waals surface area contributed by atoms with E-state index in [0.29, 0.717) is 11.3 Å². The largest absolute Gasteiger partial charge is 0.435 e. The quantitative estimate of drug-likeness (QED) is 0.909. The summed E-state index contributed by atoms with van der Waals surface area (Å²) in [5, 5.41) is 2.61. The van der Waals surface area contributed by atoms with Crippen molar-refractivity contribution in [1.82, 2.24) is 4.57 Å². The lowest BCUT2D eigenvalue weighted by Gasteiger charge is -2.08. The van der Waals surface area contributed by atoms with Crippen molar-refractivity contribution >= 4 is 23.2 Å². The van der Waals surface area contributed by atoms with E-state index in [-0.39, 0.29) is 28.7 Å². The summed E-state index contributed by atoms with van der Waals surface area (Å²) in [6.07, 6.45) is 1.49. The highest BCUT2D eigenvalue weighted by Gasteiger charge is 2.08. The van der Waals surface area contributed by atoms with E-state index in [1.54, 1.807) is 0 Å². The molecule has 5 nitrogen and oxygen atoms in total. The van der Waals surface area contributed by atoms with E-state index in [9.17, 15) is 18.4 Å². The molecule has 122 valence electrons. The first-order valence-electron chi connectivity index (χ1n) is 6.55. The van der Waals surface area contributed by atoms with E-state index in [4.69, 9.17) is 11.6 Å². The highest BCUT2D eigenvalue weighted by atomic mass is 35.5. The minimum Gasteiger partial charge on any atom is -0.435 e. The molecule has 0 spiro atoms. The van der Waals surface area contributed by atoms with Gasteiger partial charge in [-0.15, -0.1) is 0 Å². The summed E-state index contributed by atoms with van der Waals surface area (Å²) in [6.45, 7) is -2.89. The van der Waals surface area contributed by atoms with Gasteiger partial charge in [-0.25, -0.2) is 0 Å². The van der Waals surface area contributed by atoms with Crippen molar-refractivity contribution in [3.63, 3.8) is 0 Å². The van der Waals surface area contributed by atoms with Gasteiger partial charge in [-0.1, -0.05) is 23.7 Å². The molecule has 0 saturated carbocycles. The van der Waals surface area contributed by atoms with Gasteiger partial charge in [-0.3, -0.25) is 9.59 Å². The second-order valence-electron chi connectivity index (χ2n) is 4.74. The van der Waals surface area contributed by atoms with Crippen LogP contribution in [-0.2, 0) is 18.3 Å². The molecule has 0 unspecified atom stereocenters. The number of pyridine rings is 1. The fraction of sp³-hybridized carbons (Fsp3) is 0.200. The lowest BCUT2D eigenvalue weighted by molar-refractivity contribution is -0.115. The third kappa shape index (κ3) is 4.79. The summed E-state index contributed by atoms with van der Waals surface area (Å²) in [4.78, 5) is 23.4. The summed E-state index contributed by atoms with van der Waals surface area (Å²) in [5.74, 6) is -0.309. The number of hydrogen-bond acceptors (Lipinski definition) is 3. The molecule has 23 heavy (non-hydrogen) atoms. The minimum atomic E-state index is -2.89. The zero-order chi connectivity index (χ0) is 17.0. The van der Waals surface area contributed by atoms with Gasteiger partial charge in [0.2, 0.25) is 5.91 Å². The number of carbonyl (C=O) groups excluding carboxylic acids is 1. The van der Waals surface area contributed by atoms with Crippen LogP contribution in [0.25, 0.3) is 0 Å². The predicted molar refractivity (Wildman–Crippen MR) is 82.1 cm³/mol. The van der Waals surface area contributed by atoms with E-state index in [1.165, 1.54) is 48.1 Å². The Bertz CT molecular complexity index is 734. The molecule has 0 saturated heterocycles. The van der Waals surface area contributed by atoms with Crippen molar-refractivity contribution in [3.8, 4) is 5.75 Å². The molecule has 1 aromatic carbocycles. The first kappa shape index (κ1) is 17.0. The fourth-order valence-corrected chi connectivity index (χ4v) is 2.17. The third-order valence-corrected chi connectivity index (χ3v) is 3.21. The van der Waals surface area contributed by atoms with E-state index in [1.807, 2.05) is 0 Å². The summed E-state index contributed by atoms with van der Waals surface area (Å²) < 4.78 is 29.6. The smallest absolute Gasteiger partial charge is 0.387 e. The summed E-state index contributed by atoms with van der Waals surface area (Å²) >= 11 is 5.76. The van der Waals surface area contributed by atoms with E-state index < -0.39 is 6.61 Å². The zero-order valence-electron chi connectivity index (χ0n) is 12.1. The number of anilines is 1. The normalized spacial score (nSPS) is 10.7. The molecule has 0 bridgehead atoms. The number of rotatable bonds is 5. The van der Waals surface area contributed by atoms with Crippen molar-refractivity contribution in [2.45, 2.75) is 13.0 Å². The highest BCUT2D eigenvalue weighted by molar-refractivity contribution is 6.30. The number of carbonyl (C=O) groups is 1. The maximum Gasteiger partial charge on any atom is 0.387 e. The van der Waals surface area contributed by atoms with Gasteiger partial charge in [0.15, 0.2) is 0 Å². The fourth-order valence-electron chi connectivity index (χ4n) is 1.92. The number of benzene rings is 1. The van der Waals surface area contributed by atoms with Gasteiger partial charge >= 0.3 is 6.61 Å². The molecule has 0 aliphatic rings. The first-order valence-corrected chi connectivity index (χ1v) is 6.92. The number of aryl methyl sites for hydroxylation is 1. The molecule has 1 heterocycles. The second-order valence-corrected chi connectivity index (χ2v) is 5.15. The van der Waals surface area contributed by atoms with Gasteiger partial charge in [0.1, 0.15) is 10.8 Å². The van der Waals surface area contributed by atoms with Gasteiger partial charge in [-0.2, -0.15) is 8.78 Å². The molecule has 1 aromatic heterocycles. The Morgan fingerprint density at radius 1 is 1.35 bits per heavy atom. The number of amides is 1. The maximum atomic E-state index is 12.0. The monoisotopic (exact) mass is 342 g/mol. The average molecular weight is 343 g/mol. The Kier molecular flexibility index (Phi) is 5.33. The molecule has 0 radical (unpaired) electrons. The summed E-state index contributed by atoms with van der Waals surface area (Å²) in [5.41, 5.74) is 0.652. The number of halogens is 3. The first-order chi connectivity index (χ1) is 10.8. The number of alkyl halides is 2. The number of hydrogen-bond donors (Lipinski definition) is 1. The van der Waals surface area contributed by atoms with Crippen molar-refractivity contribution in [2.24, 2.45) is 7.05 Å². The molecule has 1 N–H and O–H groups in total. The van der Waals surface area contributed by atoms with Crippen LogP contribution in [0.15, 0.2) is 41.3 Å². The predicted octanol–water partition coefficient (Wildman–Crippen LogP) is 2.82. The van der Waals surface area contributed by atoms with Crippen LogP contribution in [0.2, 0.25) is 5.02 Å². The van der Waals surface area contributed by atoms with E-state index >= 15 is 0 Å². The van der Waals surface area contributed by atoms with Crippen molar-refractivity contribution < 1.29 is 18.3 Å². The van der Waals surface area contributed by atoms with Gasteiger partial charge in [-0.05, 0) is 23.8 Å². The molecule has 2 aromatic rings. The van der Waals surface area contributed by atoms with Gasteiger partial charge in [0.05, 0.1) is 12.1 Å². The van der Waals surface area contributed by atoms with Crippen LogP contribution in [0, 0.1) is 0 Å². The summed E-state index contributed by atoms with van der Waals surface area (Å²) in [7, 11) is 1.52. The standard InChI is InChI=1S/C15H13ClF2N2O3/c1-20-8-10(7-12(16)14(20)22)19-13(21)6-9-2-4-11(5-3-9)23-15(17)18/h2-5,7-8,15H,6H2,1H3,(H,19,21). The molecule has 8 heteroatoms. The van der Waals surface area contributed by atoms with Crippen LogP contribution < -0.4 is 15.6 Å². The highest BCUT2D eigenvalue weighted by Crippen LogP contribution is 2.16.